The van der Waals surface area contributed by atoms with Crippen LogP contribution in [0.25, 0.3) is 10.2 Å². The maximum absolute atomic E-state index is 13.0. The number of fused-ring (bicyclic) bond motifs is 3. The van der Waals surface area contributed by atoms with Gasteiger partial charge in [-0.3, -0.25) is 14.2 Å². The van der Waals surface area contributed by atoms with Gasteiger partial charge in [0.25, 0.3) is 5.56 Å². The number of carbonyl (C=O) groups excluding carboxylic acids is 1. The van der Waals surface area contributed by atoms with Crippen molar-refractivity contribution in [3.8, 4) is 0 Å². The Balaban J connectivity index is 1.42. The predicted molar refractivity (Wildman–Crippen MR) is 121 cm³/mol. The van der Waals surface area contributed by atoms with Crippen LogP contribution in [0.5, 0.6) is 0 Å². The third kappa shape index (κ3) is 4.57. The summed E-state index contributed by atoms with van der Waals surface area (Å²) in [5.41, 5.74) is 1.89. The van der Waals surface area contributed by atoms with Gasteiger partial charge < -0.3 is 5.32 Å². The molecule has 1 aliphatic rings. The molecule has 0 radical (unpaired) electrons. The van der Waals surface area contributed by atoms with E-state index in [9.17, 15) is 18.0 Å². The van der Waals surface area contributed by atoms with Gasteiger partial charge in [-0.25, -0.2) is 13.4 Å². The number of benzene rings is 1. The molecule has 0 bridgehead atoms. The fourth-order valence-corrected chi connectivity index (χ4v) is 5.81. The number of aryl methyl sites for hydroxylation is 3. The van der Waals surface area contributed by atoms with Crippen LogP contribution in [0.15, 0.2) is 40.3 Å². The molecule has 1 unspecified atom stereocenters. The quantitative estimate of drug-likeness (QED) is 0.611. The molecular formula is C22H25N3O4S2. The molecule has 0 fully saturated rings. The molecule has 2 heterocycles. The molecule has 1 atom stereocenters. The number of carbonyl (C=O) groups is 1. The SMILES string of the molecule is CC(NC(=O)CCn1cnc2sc3c(c2c1=O)CCCC3)c1ccc(S(C)(=O)=O)cc1. The Labute approximate surface area is 185 Å². The average molecular weight is 460 g/mol. The van der Waals surface area contributed by atoms with E-state index in [4.69, 9.17) is 0 Å². The Bertz CT molecular complexity index is 1290. The minimum atomic E-state index is -3.25. The van der Waals surface area contributed by atoms with Crippen LogP contribution in [0.2, 0.25) is 0 Å². The van der Waals surface area contributed by atoms with Crippen molar-refractivity contribution < 1.29 is 13.2 Å². The average Bonchev–Trinajstić information content (AvgIpc) is 3.12. The molecule has 1 aromatic carbocycles. The molecular weight excluding hydrogens is 434 g/mol. The van der Waals surface area contributed by atoms with Gasteiger partial charge in [0.1, 0.15) is 4.83 Å². The van der Waals surface area contributed by atoms with Gasteiger partial charge in [-0.15, -0.1) is 11.3 Å². The third-order valence-electron chi connectivity index (χ3n) is 5.71. The minimum absolute atomic E-state index is 0.0680. The summed E-state index contributed by atoms with van der Waals surface area (Å²) in [5.74, 6) is -0.181. The van der Waals surface area contributed by atoms with Crippen molar-refractivity contribution in [2.75, 3.05) is 6.26 Å². The van der Waals surface area contributed by atoms with Crippen LogP contribution in [-0.4, -0.2) is 30.1 Å². The molecule has 31 heavy (non-hydrogen) atoms. The van der Waals surface area contributed by atoms with Crippen LogP contribution < -0.4 is 10.9 Å². The lowest BCUT2D eigenvalue weighted by Gasteiger charge is -2.15. The molecule has 1 N–H and O–H groups in total. The molecule has 0 saturated heterocycles. The van der Waals surface area contributed by atoms with Gasteiger partial charge in [-0.2, -0.15) is 0 Å². The van der Waals surface area contributed by atoms with Crippen molar-refractivity contribution in [3.63, 3.8) is 0 Å². The molecule has 0 saturated carbocycles. The van der Waals surface area contributed by atoms with Crippen LogP contribution >= 0.6 is 11.3 Å². The molecule has 0 spiro atoms. The summed E-state index contributed by atoms with van der Waals surface area (Å²) >= 11 is 1.61. The van der Waals surface area contributed by atoms with E-state index >= 15 is 0 Å². The zero-order chi connectivity index (χ0) is 22.2. The van der Waals surface area contributed by atoms with E-state index in [-0.39, 0.29) is 35.4 Å². The van der Waals surface area contributed by atoms with E-state index in [2.05, 4.69) is 10.3 Å². The maximum Gasteiger partial charge on any atom is 0.262 e. The number of rotatable bonds is 6. The number of nitrogens with zero attached hydrogens (tertiary/aromatic N) is 2. The summed E-state index contributed by atoms with van der Waals surface area (Å²) in [6.45, 7) is 2.10. The maximum atomic E-state index is 13.0. The Kier molecular flexibility index (Phi) is 5.98. The summed E-state index contributed by atoms with van der Waals surface area (Å²) in [4.78, 5) is 32.2. The summed E-state index contributed by atoms with van der Waals surface area (Å²) < 4.78 is 24.7. The molecule has 1 aliphatic carbocycles. The fraction of sp³-hybridized carbons (Fsp3) is 0.409. The lowest BCUT2D eigenvalue weighted by Crippen LogP contribution is -2.29. The van der Waals surface area contributed by atoms with Crippen LogP contribution in [0.3, 0.4) is 0 Å². The smallest absolute Gasteiger partial charge is 0.262 e. The summed E-state index contributed by atoms with van der Waals surface area (Å²) in [5, 5.41) is 3.63. The second-order valence-corrected chi connectivity index (χ2v) is 11.1. The summed E-state index contributed by atoms with van der Waals surface area (Å²) in [6, 6.07) is 6.19. The van der Waals surface area contributed by atoms with Gasteiger partial charge in [0.15, 0.2) is 9.84 Å². The monoisotopic (exact) mass is 459 g/mol. The molecule has 4 rings (SSSR count). The first-order valence-electron chi connectivity index (χ1n) is 10.3. The highest BCUT2D eigenvalue weighted by atomic mass is 32.2. The Hall–Kier alpha value is -2.52. The standard InChI is InChI=1S/C22H25N3O4S2/c1-14(15-7-9-16(10-8-15)31(2,28)29)24-19(26)11-12-25-13-23-21-20(22(25)27)17-5-3-4-6-18(17)30-21/h7-10,13-14H,3-6,11-12H2,1-2H3,(H,24,26). The number of amides is 1. The Morgan fingerprint density at radius 2 is 1.94 bits per heavy atom. The van der Waals surface area contributed by atoms with E-state index in [1.807, 2.05) is 6.92 Å². The zero-order valence-corrected chi connectivity index (χ0v) is 19.2. The molecule has 164 valence electrons. The second-order valence-electron chi connectivity index (χ2n) is 8.01. The van der Waals surface area contributed by atoms with Crippen LogP contribution in [0, 0.1) is 0 Å². The molecule has 1 amide bonds. The lowest BCUT2D eigenvalue weighted by molar-refractivity contribution is -0.121. The van der Waals surface area contributed by atoms with E-state index in [1.54, 1.807) is 23.5 Å². The summed E-state index contributed by atoms with van der Waals surface area (Å²) in [7, 11) is -3.25. The van der Waals surface area contributed by atoms with Gasteiger partial charge in [0.05, 0.1) is 22.7 Å². The number of hydrogen-bond donors (Lipinski definition) is 1. The zero-order valence-electron chi connectivity index (χ0n) is 17.6. The number of aromatic nitrogens is 2. The number of sulfone groups is 1. The molecule has 0 aliphatic heterocycles. The van der Waals surface area contributed by atoms with E-state index in [0.717, 1.165) is 53.3 Å². The third-order valence-corrected chi connectivity index (χ3v) is 8.04. The normalized spacial score (nSPS) is 14.9. The highest BCUT2D eigenvalue weighted by Gasteiger charge is 2.20. The first-order chi connectivity index (χ1) is 14.7. The van der Waals surface area contributed by atoms with Gasteiger partial charge in [0.2, 0.25) is 5.91 Å². The molecule has 9 heteroatoms. The van der Waals surface area contributed by atoms with Gasteiger partial charge >= 0.3 is 0 Å². The first kappa shape index (κ1) is 21.7. The van der Waals surface area contributed by atoms with Crippen LogP contribution in [-0.2, 0) is 34.0 Å². The number of nitrogens with one attached hydrogen (secondary N) is 1. The number of thiophene rings is 1. The van der Waals surface area contributed by atoms with E-state index < -0.39 is 9.84 Å². The minimum Gasteiger partial charge on any atom is -0.350 e. The van der Waals surface area contributed by atoms with Crippen molar-refractivity contribution in [2.45, 2.75) is 56.5 Å². The largest absolute Gasteiger partial charge is 0.350 e. The van der Waals surface area contributed by atoms with E-state index in [0.29, 0.717) is 0 Å². The highest BCUT2D eigenvalue weighted by molar-refractivity contribution is 7.90. The van der Waals surface area contributed by atoms with Gasteiger partial charge in [-0.1, -0.05) is 12.1 Å². The Morgan fingerprint density at radius 3 is 2.65 bits per heavy atom. The summed E-state index contributed by atoms with van der Waals surface area (Å²) in [6.07, 6.45) is 7.04. The fourth-order valence-electron chi connectivity index (χ4n) is 3.96. The molecule has 2 aromatic heterocycles. The van der Waals surface area contributed by atoms with Crippen molar-refractivity contribution >= 4 is 37.3 Å². The van der Waals surface area contributed by atoms with Crippen LogP contribution in [0.4, 0.5) is 0 Å². The van der Waals surface area contributed by atoms with Crippen molar-refractivity contribution in [2.24, 2.45) is 0 Å². The predicted octanol–water partition coefficient (Wildman–Crippen LogP) is 3.01. The highest BCUT2D eigenvalue weighted by Crippen LogP contribution is 2.33. The Morgan fingerprint density at radius 1 is 1.23 bits per heavy atom. The number of hydrogen-bond acceptors (Lipinski definition) is 6. The molecule has 7 nitrogen and oxygen atoms in total. The first-order valence-corrected chi connectivity index (χ1v) is 13.0. The van der Waals surface area contributed by atoms with Crippen molar-refractivity contribution in [3.05, 3.63) is 57.0 Å². The van der Waals surface area contributed by atoms with Crippen molar-refractivity contribution in [1.82, 2.24) is 14.9 Å². The second kappa shape index (κ2) is 8.55. The lowest BCUT2D eigenvalue weighted by atomic mass is 9.97. The van der Waals surface area contributed by atoms with Gasteiger partial charge in [-0.05, 0) is 55.9 Å². The van der Waals surface area contributed by atoms with E-state index in [1.165, 1.54) is 27.9 Å². The van der Waals surface area contributed by atoms with Crippen molar-refractivity contribution in [1.29, 1.82) is 0 Å². The molecule has 3 aromatic rings. The van der Waals surface area contributed by atoms with Crippen LogP contribution in [0.1, 0.15) is 48.2 Å². The topological polar surface area (TPSA) is 98.1 Å². The van der Waals surface area contributed by atoms with Gasteiger partial charge in [0, 0.05) is 24.1 Å².